The van der Waals surface area contributed by atoms with Crippen molar-refractivity contribution in [1.29, 1.82) is 0 Å². The Morgan fingerprint density at radius 2 is 1.78 bits per heavy atom. The number of nitrogens with zero attached hydrogens (tertiary/aromatic N) is 2. The van der Waals surface area contributed by atoms with E-state index in [1.54, 1.807) is 0 Å². The van der Waals surface area contributed by atoms with E-state index >= 15 is 0 Å². The third-order valence-electron chi connectivity index (χ3n) is 1.32. The SMILES string of the molecule is CN(C)N(C)CCCS. The summed E-state index contributed by atoms with van der Waals surface area (Å²) in [5.74, 6) is 0.970. The van der Waals surface area contributed by atoms with Crippen molar-refractivity contribution < 1.29 is 0 Å². The molecule has 0 aliphatic rings. The van der Waals surface area contributed by atoms with Crippen LogP contribution in [0.3, 0.4) is 0 Å². The van der Waals surface area contributed by atoms with Crippen molar-refractivity contribution in [3.05, 3.63) is 0 Å². The summed E-state index contributed by atoms with van der Waals surface area (Å²) in [5.41, 5.74) is 0. The van der Waals surface area contributed by atoms with E-state index in [2.05, 4.69) is 29.7 Å². The van der Waals surface area contributed by atoms with Crippen molar-refractivity contribution in [3.63, 3.8) is 0 Å². The van der Waals surface area contributed by atoms with Gasteiger partial charge in [-0.05, 0) is 12.2 Å². The summed E-state index contributed by atoms with van der Waals surface area (Å²) in [6.45, 7) is 1.09. The molecule has 0 amide bonds. The topological polar surface area (TPSA) is 6.48 Å². The molecule has 56 valence electrons. The van der Waals surface area contributed by atoms with E-state index in [1.807, 2.05) is 14.1 Å². The molecule has 0 aromatic rings. The van der Waals surface area contributed by atoms with Gasteiger partial charge in [-0.2, -0.15) is 12.6 Å². The van der Waals surface area contributed by atoms with E-state index in [1.165, 1.54) is 0 Å². The molecule has 0 N–H and O–H groups in total. The first kappa shape index (κ1) is 9.27. The lowest BCUT2D eigenvalue weighted by Crippen LogP contribution is -2.33. The molecule has 0 aliphatic carbocycles. The number of thiol groups is 1. The average molecular weight is 148 g/mol. The molecule has 0 unspecified atom stereocenters. The lowest BCUT2D eigenvalue weighted by atomic mass is 10.5. The van der Waals surface area contributed by atoms with Gasteiger partial charge in [0.1, 0.15) is 0 Å². The molecule has 9 heavy (non-hydrogen) atoms. The van der Waals surface area contributed by atoms with Gasteiger partial charge in [-0.15, -0.1) is 0 Å². The average Bonchev–Trinajstić information content (AvgIpc) is 1.82. The van der Waals surface area contributed by atoms with Crippen molar-refractivity contribution in [2.75, 3.05) is 33.4 Å². The third kappa shape index (κ3) is 4.75. The predicted octanol–water partition coefficient (Wildman–Crippen LogP) is 0.715. The molecule has 3 heteroatoms. The van der Waals surface area contributed by atoms with E-state index in [0.717, 1.165) is 18.7 Å². The number of rotatable bonds is 4. The van der Waals surface area contributed by atoms with Crippen LogP contribution in [0.15, 0.2) is 0 Å². The van der Waals surface area contributed by atoms with Gasteiger partial charge in [-0.3, -0.25) is 0 Å². The van der Waals surface area contributed by atoms with Crippen LogP contribution in [-0.4, -0.2) is 43.5 Å². The Kier molecular flexibility index (Phi) is 5.24. The van der Waals surface area contributed by atoms with Crippen LogP contribution in [0.25, 0.3) is 0 Å². The highest BCUT2D eigenvalue weighted by molar-refractivity contribution is 7.80. The molecule has 0 radical (unpaired) electrons. The second-order valence-corrected chi connectivity index (χ2v) is 2.75. The second-order valence-electron chi connectivity index (χ2n) is 2.31. The Balaban J connectivity index is 3.16. The molecule has 0 rings (SSSR count). The Bertz CT molecular complexity index is 66.1. The lowest BCUT2D eigenvalue weighted by Gasteiger charge is -2.23. The highest BCUT2D eigenvalue weighted by atomic mass is 32.1. The maximum Gasteiger partial charge on any atom is 0.0137 e. The van der Waals surface area contributed by atoms with Gasteiger partial charge in [-0.25, -0.2) is 10.0 Å². The molecular weight excluding hydrogens is 132 g/mol. The molecule has 0 saturated carbocycles. The van der Waals surface area contributed by atoms with Crippen LogP contribution >= 0.6 is 12.6 Å². The zero-order valence-corrected chi connectivity index (χ0v) is 7.36. The van der Waals surface area contributed by atoms with Crippen LogP contribution < -0.4 is 0 Å². The molecule has 0 heterocycles. The van der Waals surface area contributed by atoms with E-state index in [9.17, 15) is 0 Å². The molecule has 0 atom stereocenters. The normalized spacial score (nSPS) is 11.3. The van der Waals surface area contributed by atoms with E-state index < -0.39 is 0 Å². The molecule has 0 spiro atoms. The van der Waals surface area contributed by atoms with E-state index in [4.69, 9.17) is 0 Å². The summed E-state index contributed by atoms with van der Waals surface area (Å²) in [6, 6.07) is 0. The monoisotopic (exact) mass is 148 g/mol. The van der Waals surface area contributed by atoms with Gasteiger partial charge < -0.3 is 0 Å². The molecule has 0 aromatic carbocycles. The van der Waals surface area contributed by atoms with E-state index in [-0.39, 0.29) is 0 Å². The molecule has 0 aliphatic heterocycles. The number of hydrogen-bond donors (Lipinski definition) is 1. The van der Waals surface area contributed by atoms with Crippen LogP contribution in [0.2, 0.25) is 0 Å². The zero-order valence-electron chi connectivity index (χ0n) is 6.46. The van der Waals surface area contributed by atoms with Gasteiger partial charge in [0.2, 0.25) is 0 Å². The lowest BCUT2D eigenvalue weighted by molar-refractivity contribution is 0.0569. The summed E-state index contributed by atoms with van der Waals surface area (Å²) >= 11 is 4.12. The number of hydrazine groups is 1. The largest absolute Gasteiger partial charge is 0.248 e. The quantitative estimate of drug-likeness (QED) is 0.463. The van der Waals surface area contributed by atoms with E-state index in [0.29, 0.717) is 0 Å². The second kappa shape index (κ2) is 5.09. The van der Waals surface area contributed by atoms with Gasteiger partial charge >= 0.3 is 0 Å². The summed E-state index contributed by atoms with van der Waals surface area (Å²) in [6.07, 6.45) is 1.15. The fourth-order valence-corrected chi connectivity index (χ4v) is 0.641. The van der Waals surface area contributed by atoms with Crippen LogP contribution in [0.5, 0.6) is 0 Å². The Hall–Kier alpha value is 0.270. The zero-order chi connectivity index (χ0) is 7.28. The first-order valence-electron chi connectivity index (χ1n) is 3.17. The third-order valence-corrected chi connectivity index (χ3v) is 1.64. The standard InChI is InChI=1S/C6H16N2S/c1-7(2)8(3)5-4-6-9/h9H,4-6H2,1-3H3. The van der Waals surface area contributed by atoms with Gasteiger partial charge in [0.05, 0.1) is 0 Å². The van der Waals surface area contributed by atoms with Gasteiger partial charge in [-0.1, -0.05) is 0 Å². The maximum absolute atomic E-state index is 4.12. The van der Waals surface area contributed by atoms with Gasteiger partial charge in [0.25, 0.3) is 0 Å². The molecular formula is C6H16N2S. The fraction of sp³-hybridized carbons (Fsp3) is 1.00. The van der Waals surface area contributed by atoms with Crippen molar-refractivity contribution in [2.24, 2.45) is 0 Å². The molecule has 0 bridgehead atoms. The minimum Gasteiger partial charge on any atom is -0.248 e. The highest BCUT2D eigenvalue weighted by Crippen LogP contribution is 1.90. The molecule has 2 nitrogen and oxygen atoms in total. The van der Waals surface area contributed by atoms with Crippen molar-refractivity contribution in [1.82, 2.24) is 10.0 Å². The van der Waals surface area contributed by atoms with Gasteiger partial charge in [0, 0.05) is 27.7 Å². The fourth-order valence-electron chi connectivity index (χ4n) is 0.500. The van der Waals surface area contributed by atoms with Crippen LogP contribution in [0.4, 0.5) is 0 Å². The first-order chi connectivity index (χ1) is 4.18. The van der Waals surface area contributed by atoms with Crippen molar-refractivity contribution >= 4 is 12.6 Å². The first-order valence-corrected chi connectivity index (χ1v) is 3.81. The Labute approximate surface area is 63.2 Å². The summed E-state index contributed by atoms with van der Waals surface area (Å²) in [5, 5.41) is 4.24. The number of hydrogen-bond acceptors (Lipinski definition) is 3. The maximum atomic E-state index is 4.12. The minimum atomic E-state index is 0.970. The van der Waals surface area contributed by atoms with Crippen LogP contribution in [-0.2, 0) is 0 Å². The van der Waals surface area contributed by atoms with Gasteiger partial charge in [0.15, 0.2) is 0 Å². The van der Waals surface area contributed by atoms with Crippen LogP contribution in [0.1, 0.15) is 6.42 Å². The Morgan fingerprint density at radius 3 is 2.11 bits per heavy atom. The smallest absolute Gasteiger partial charge is 0.0137 e. The molecule has 0 saturated heterocycles. The summed E-state index contributed by atoms with van der Waals surface area (Å²) in [4.78, 5) is 0. The minimum absolute atomic E-state index is 0.970. The summed E-state index contributed by atoms with van der Waals surface area (Å²) in [7, 11) is 6.15. The molecule has 0 aromatic heterocycles. The Morgan fingerprint density at radius 1 is 1.22 bits per heavy atom. The predicted molar refractivity (Wildman–Crippen MR) is 44.8 cm³/mol. The summed E-state index contributed by atoms with van der Waals surface area (Å²) < 4.78 is 0. The molecule has 0 fully saturated rings. The van der Waals surface area contributed by atoms with Crippen molar-refractivity contribution in [3.8, 4) is 0 Å². The highest BCUT2D eigenvalue weighted by Gasteiger charge is 1.96. The van der Waals surface area contributed by atoms with Crippen LogP contribution in [0, 0.1) is 0 Å². The van der Waals surface area contributed by atoms with Crippen molar-refractivity contribution in [2.45, 2.75) is 6.42 Å².